The fraction of sp³-hybridized carbons (Fsp3) is 0.211. The molecule has 3 heterocycles. The van der Waals surface area contributed by atoms with Crippen LogP contribution in [0, 0.1) is 0 Å². The number of aryl methyl sites for hydroxylation is 2. The lowest BCUT2D eigenvalue weighted by Crippen LogP contribution is -2.04. The second-order valence-corrected chi connectivity index (χ2v) is 6.91. The molecule has 0 radical (unpaired) electrons. The van der Waals surface area contributed by atoms with E-state index in [1.807, 2.05) is 29.9 Å². The summed E-state index contributed by atoms with van der Waals surface area (Å²) in [7, 11) is 3.45. The van der Waals surface area contributed by atoms with Crippen molar-refractivity contribution >= 4 is 22.6 Å². The molecule has 0 aliphatic rings. The lowest BCUT2D eigenvalue weighted by molar-refractivity contribution is -0.140. The van der Waals surface area contributed by atoms with Crippen LogP contribution in [0.15, 0.2) is 42.9 Å². The Morgan fingerprint density at radius 1 is 1.00 bits per heavy atom. The summed E-state index contributed by atoms with van der Waals surface area (Å²) in [5.41, 5.74) is 3.36. The molecule has 4 rings (SSSR count). The largest absolute Gasteiger partial charge is 0.434 e. The zero-order chi connectivity index (χ0) is 20.1. The molecule has 0 unspecified atom stereocenters. The lowest BCUT2D eigenvalue weighted by atomic mass is 10.0. The van der Waals surface area contributed by atoms with Gasteiger partial charge in [0, 0.05) is 44.0 Å². The molecule has 0 saturated heterocycles. The first-order valence-electron chi connectivity index (χ1n) is 8.38. The van der Waals surface area contributed by atoms with E-state index < -0.39 is 11.9 Å². The molecule has 0 aliphatic carbocycles. The van der Waals surface area contributed by atoms with Gasteiger partial charge in [-0.1, -0.05) is 24.3 Å². The summed E-state index contributed by atoms with van der Waals surface area (Å²) in [5, 5.41) is 0.186. The number of hydrogen-bond donors (Lipinski definition) is 0. The van der Waals surface area contributed by atoms with E-state index in [1.165, 1.54) is 4.57 Å². The van der Waals surface area contributed by atoms with Gasteiger partial charge in [0.05, 0.1) is 17.2 Å². The molecule has 0 aliphatic heterocycles. The van der Waals surface area contributed by atoms with Crippen LogP contribution in [-0.4, -0.2) is 24.1 Å². The average Bonchev–Trinajstić information content (AvgIpc) is 3.16. The van der Waals surface area contributed by atoms with Crippen LogP contribution in [0.2, 0.25) is 5.28 Å². The predicted octanol–water partition coefficient (Wildman–Crippen LogP) is 4.63. The SMILES string of the molecule is Cn1cc(C(F)(F)F)nc1-c1ccc(Cc2cn(C)c3cnc(Cl)nc23)cc1. The van der Waals surface area contributed by atoms with Gasteiger partial charge in [-0.25, -0.2) is 15.0 Å². The van der Waals surface area contributed by atoms with Crippen LogP contribution in [0.4, 0.5) is 13.2 Å². The van der Waals surface area contributed by atoms with Gasteiger partial charge in [-0.05, 0) is 17.2 Å². The quantitative estimate of drug-likeness (QED) is 0.467. The molecule has 0 bridgehead atoms. The fourth-order valence-corrected chi connectivity index (χ4v) is 3.34. The Morgan fingerprint density at radius 3 is 2.36 bits per heavy atom. The van der Waals surface area contributed by atoms with Crippen LogP contribution in [0.5, 0.6) is 0 Å². The van der Waals surface area contributed by atoms with Gasteiger partial charge in [-0.2, -0.15) is 13.2 Å². The molecular formula is C19H15ClF3N5. The molecule has 0 spiro atoms. The Hall–Kier alpha value is -2.87. The Morgan fingerprint density at radius 2 is 1.71 bits per heavy atom. The molecule has 0 saturated carbocycles. The molecule has 1 aromatic carbocycles. The summed E-state index contributed by atoms with van der Waals surface area (Å²) in [5.74, 6) is 0.267. The number of rotatable bonds is 3. The van der Waals surface area contributed by atoms with Crippen molar-refractivity contribution in [1.82, 2.24) is 24.1 Å². The Kier molecular flexibility index (Phi) is 4.38. The molecule has 3 aromatic heterocycles. The molecule has 9 heteroatoms. The minimum Gasteiger partial charge on any atom is -0.348 e. The van der Waals surface area contributed by atoms with Gasteiger partial charge in [-0.3, -0.25) is 0 Å². The predicted molar refractivity (Wildman–Crippen MR) is 100.0 cm³/mol. The first-order chi connectivity index (χ1) is 13.2. The topological polar surface area (TPSA) is 48.5 Å². The van der Waals surface area contributed by atoms with Crippen LogP contribution in [-0.2, 0) is 26.7 Å². The van der Waals surface area contributed by atoms with E-state index >= 15 is 0 Å². The van der Waals surface area contributed by atoms with Crippen molar-refractivity contribution in [1.29, 1.82) is 0 Å². The first kappa shape index (κ1) is 18.5. The van der Waals surface area contributed by atoms with Crippen LogP contribution in [0.3, 0.4) is 0 Å². The number of hydrogen-bond acceptors (Lipinski definition) is 3. The number of nitrogens with zero attached hydrogens (tertiary/aromatic N) is 5. The van der Waals surface area contributed by atoms with E-state index in [1.54, 1.807) is 25.4 Å². The zero-order valence-corrected chi connectivity index (χ0v) is 15.8. The summed E-state index contributed by atoms with van der Waals surface area (Å²) < 4.78 is 41.9. The summed E-state index contributed by atoms with van der Waals surface area (Å²) in [6, 6.07) is 7.29. The average molecular weight is 406 g/mol. The summed E-state index contributed by atoms with van der Waals surface area (Å²) in [6.45, 7) is 0. The monoisotopic (exact) mass is 405 g/mol. The minimum atomic E-state index is -4.46. The molecule has 0 atom stereocenters. The van der Waals surface area contributed by atoms with Crippen molar-refractivity contribution in [3.8, 4) is 11.4 Å². The van der Waals surface area contributed by atoms with Gasteiger partial charge in [0.1, 0.15) is 5.82 Å². The number of fused-ring (bicyclic) bond motifs is 1. The van der Waals surface area contributed by atoms with Crippen molar-refractivity contribution in [3.63, 3.8) is 0 Å². The summed E-state index contributed by atoms with van der Waals surface area (Å²) in [4.78, 5) is 12.0. The van der Waals surface area contributed by atoms with E-state index in [9.17, 15) is 13.2 Å². The van der Waals surface area contributed by atoms with E-state index in [4.69, 9.17) is 11.6 Å². The normalized spacial score (nSPS) is 12.1. The highest BCUT2D eigenvalue weighted by atomic mass is 35.5. The smallest absolute Gasteiger partial charge is 0.348 e. The van der Waals surface area contributed by atoms with E-state index in [-0.39, 0.29) is 11.1 Å². The molecule has 0 N–H and O–H groups in total. The summed E-state index contributed by atoms with van der Waals surface area (Å²) in [6.07, 6.45) is 0.782. The highest BCUT2D eigenvalue weighted by molar-refractivity contribution is 6.28. The number of aromatic nitrogens is 5. The maximum Gasteiger partial charge on any atom is 0.434 e. The van der Waals surface area contributed by atoms with Gasteiger partial charge < -0.3 is 9.13 Å². The maximum absolute atomic E-state index is 12.9. The second kappa shape index (κ2) is 6.63. The first-order valence-corrected chi connectivity index (χ1v) is 8.76. The minimum absolute atomic E-state index is 0.186. The van der Waals surface area contributed by atoms with Gasteiger partial charge in [0.2, 0.25) is 5.28 Å². The van der Waals surface area contributed by atoms with E-state index in [0.29, 0.717) is 12.0 Å². The third-order valence-corrected chi connectivity index (χ3v) is 4.73. The van der Waals surface area contributed by atoms with E-state index in [2.05, 4.69) is 15.0 Å². The third kappa shape index (κ3) is 3.35. The Labute approximate surface area is 163 Å². The number of benzene rings is 1. The highest BCUT2D eigenvalue weighted by Gasteiger charge is 2.34. The van der Waals surface area contributed by atoms with Gasteiger partial charge >= 0.3 is 6.18 Å². The Bertz CT molecular complexity index is 1160. The lowest BCUT2D eigenvalue weighted by Gasteiger charge is -2.04. The molecule has 4 aromatic rings. The molecule has 0 fully saturated rings. The van der Waals surface area contributed by atoms with Gasteiger partial charge in [0.15, 0.2) is 5.69 Å². The molecule has 144 valence electrons. The fourth-order valence-electron chi connectivity index (χ4n) is 3.20. The number of alkyl halides is 3. The van der Waals surface area contributed by atoms with Crippen LogP contribution in [0.1, 0.15) is 16.8 Å². The second-order valence-electron chi connectivity index (χ2n) is 6.57. The van der Waals surface area contributed by atoms with Crippen LogP contribution in [0.25, 0.3) is 22.4 Å². The van der Waals surface area contributed by atoms with Crippen molar-refractivity contribution in [2.24, 2.45) is 14.1 Å². The van der Waals surface area contributed by atoms with Crippen LogP contribution < -0.4 is 0 Å². The van der Waals surface area contributed by atoms with Crippen LogP contribution >= 0.6 is 11.6 Å². The molecule has 5 nitrogen and oxygen atoms in total. The van der Waals surface area contributed by atoms with Gasteiger partial charge in [-0.15, -0.1) is 0 Å². The number of halogens is 4. The summed E-state index contributed by atoms with van der Waals surface area (Å²) >= 11 is 5.92. The molecule has 0 amide bonds. The van der Waals surface area contributed by atoms with Crippen molar-refractivity contribution in [3.05, 3.63) is 65.0 Å². The maximum atomic E-state index is 12.9. The number of imidazole rings is 1. The molecular weight excluding hydrogens is 391 g/mol. The van der Waals surface area contributed by atoms with Gasteiger partial charge in [0.25, 0.3) is 0 Å². The van der Waals surface area contributed by atoms with E-state index in [0.717, 1.165) is 28.4 Å². The van der Waals surface area contributed by atoms with Crippen molar-refractivity contribution < 1.29 is 13.2 Å². The van der Waals surface area contributed by atoms with Crippen molar-refractivity contribution in [2.75, 3.05) is 0 Å². The zero-order valence-electron chi connectivity index (χ0n) is 15.0. The standard InChI is InChI=1S/C19H15ClF3N5/c1-27-9-13(16-14(27)8-24-18(20)26-16)7-11-3-5-12(6-4-11)17-25-15(10-28(17)2)19(21,22)23/h3-6,8-10H,7H2,1-2H3. The molecule has 28 heavy (non-hydrogen) atoms. The third-order valence-electron chi connectivity index (χ3n) is 4.55. The highest BCUT2D eigenvalue weighted by Crippen LogP contribution is 2.31. The Balaban J connectivity index is 1.63. The van der Waals surface area contributed by atoms with Crippen molar-refractivity contribution in [2.45, 2.75) is 12.6 Å².